The standard InChI is InChI=1S/C15H20N4/c1-2-12-9-17-18-15(12)14(3-1)16-8-13-10-19-6-4-11(13)5-7-19/h1-3,9,11,13,16H,4-8,10H2,(H,17,18). The van der Waals surface area contributed by atoms with Gasteiger partial charge in [0, 0.05) is 18.5 Å². The molecule has 4 heteroatoms. The lowest BCUT2D eigenvalue weighted by Crippen LogP contribution is -2.49. The number of aromatic amines is 1. The van der Waals surface area contributed by atoms with Gasteiger partial charge in [-0.3, -0.25) is 5.10 Å². The first kappa shape index (κ1) is 11.3. The third kappa shape index (κ3) is 2.00. The van der Waals surface area contributed by atoms with E-state index in [2.05, 4.69) is 38.6 Å². The SMILES string of the molecule is c1cc(NCC2CN3CCC2CC3)c2[nH]ncc2c1. The van der Waals surface area contributed by atoms with Crippen LogP contribution in [0.4, 0.5) is 5.69 Å². The van der Waals surface area contributed by atoms with Gasteiger partial charge < -0.3 is 10.2 Å². The van der Waals surface area contributed by atoms with Crippen LogP contribution in [0.5, 0.6) is 0 Å². The van der Waals surface area contributed by atoms with Crippen LogP contribution in [0, 0.1) is 11.8 Å². The van der Waals surface area contributed by atoms with Gasteiger partial charge in [0.15, 0.2) is 0 Å². The van der Waals surface area contributed by atoms with E-state index >= 15 is 0 Å². The van der Waals surface area contributed by atoms with Gasteiger partial charge in [0.25, 0.3) is 0 Å². The Balaban J connectivity index is 1.49. The molecule has 3 aliphatic heterocycles. The van der Waals surface area contributed by atoms with Gasteiger partial charge in [0.05, 0.1) is 17.4 Å². The fraction of sp³-hybridized carbons (Fsp3) is 0.533. The van der Waals surface area contributed by atoms with Crippen molar-refractivity contribution in [3.05, 3.63) is 24.4 Å². The van der Waals surface area contributed by atoms with Gasteiger partial charge in [-0.2, -0.15) is 5.10 Å². The fourth-order valence-corrected chi connectivity index (χ4v) is 3.68. The van der Waals surface area contributed by atoms with Crippen molar-refractivity contribution in [1.29, 1.82) is 0 Å². The summed E-state index contributed by atoms with van der Waals surface area (Å²) in [6.07, 6.45) is 4.66. The van der Waals surface area contributed by atoms with Gasteiger partial charge in [-0.15, -0.1) is 0 Å². The van der Waals surface area contributed by atoms with Crippen molar-refractivity contribution in [2.45, 2.75) is 12.8 Å². The van der Waals surface area contributed by atoms with Gasteiger partial charge in [-0.05, 0) is 43.8 Å². The van der Waals surface area contributed by atoms with Crippen molar-refractivity contribution in [2.24, 2.45) is 11.8 Å². The Bertz CT molecular complexity index is 568. The number of H-pyrrole nitrogens is 1. The molecule has 100 valence electrons. The number of fused-ring (bicyclic) bond motifs is 4. The Morgan fingerprint density at radius 1 is 1.32 bits per heavy atom. The molecule has 1 aromatic heterocycles. The number of aromatic nitrogens is 2. The van der Waals surface area contributed by atoms with E-state index in [1.54, 1.807) is 0 Å². The minimum atomic E-state index is 0.806. The molecule has 0 radical (unpaired) electrons. The number of nitrogens with one attached hydrogen (secondary N) is 2. The Morgan fingerprint density at radius 3 is 3.00 bits per heavy atom. The first-order chi connectivity index (χ1) is 9.40. The Morgan fingerprint density at radius 2 is 2.21 bits per heavy atom. The Hall–Kier alpha value is -1.55. The van der Waals surface area contributed by atoms with E-state index < -0.39 is 0 Å². The van der Waals surface area contributed by atoms with Crippen LogP contribution in [0.2, 0.25) is 0 Å². The van der Waals surface area contributed by atoms with Gasteiger partial charge in [-0.1, -0.05) is 12.1 Å². The van der Waals surface area contributed by atoms with E-state index in [1.807, 2.05) is 6.20 Å². The molecule has 19 heavy (non-hydrogen) atoms. The van der Waals surface area contributed by atoms with Gasteiger partial charge >= 0.3 is 0 Å². The zero-order chi connectivity index (χ0) is 12.7. The quantitative estimate of drug-likeness (QED) is 0.885. The highest BCUT2D eigenvalue weighted by Crippen LogP contribution is 2.32. The molecule has 0 amide bonds. The molecule has 0 spiro atoms. The van der Waals surface area contributed by atoms with Crippen LogP contribution in [0.25, 0.3) is 10.9 Å². The summed E-state index contributed by atoms with van der Waals surface area (Å²) in [7, 11) is 0. The van der Waals surface area contributed by atoms with Gasteiger partial charge in [-0.25, -0.2) is 0 Å². The van der Waals surface area contributed by atoms with E-state index in [-0.39, 0.29) is 0 Å². The van der Waals surface area contributed by atoms with Crippen LogP contribution in [-0.2, 0) is 0 Å². The zero-order valence-corrected chi connectivity index (χ0v) is 11.1. The van der Waals surface area contributed by atoms with Crippen LogP contribution in [-0.4, -0.2) is 41.3 Å². The highest BCUT2D eigenvalue weighted by atomic mass is 15.2. The number of hydrogen-bond donors (Lipinski definition) is 2. The summed E-state index contributed by atoms with van der Waals surface area (Å²) in [5.74, 6) is 1.74. The summed E-state index contributed by atoms with van der Waals surface area (Å²) in [4.78, 5) is 2.61. The highest BCUT2D eigenvalue weighted by Gasteiger charge is 2.33. The summed E-state index contributed by atoms with van der Waals surface area (Å²) in [5.41, 5.74) is 2.32. The maximum absolute atomic E-state index is 4.12. The maximum atomic E-state index is 4.12. The number of benzene rings is 1. The molecule has 4 heterocycles. The number of anilines is 1. The maximum Gasteiger partial charge on any atom is 0.0881 e. The van der Waals surface area contributed by atoms with E-state index in [1.165, 1.54) is 43.5 Å². The molecule has 2 aromatic rings. The van der Waals surface area contributed by atoms with Crippen molar-refractivity contribution >= 4 is 16.6 Å². The largest absolute Gasteiger partial charge is 0.383 e. The number of hydrogen-bond acceptors (Lipinski definition) is 3. The summed E-state index contributed by atoms with van der Waals surface area (Å²) in [6.45, 7) is 4.99. The molecular formula is C15H20N4. The van der Waals surface area contributed by atoms with E-state index in [4.69, 9.17) is 0 Å². The Kier molecular flexibility index (Phi) is 2.69. The fourth-order valence-electron chi connectivity index (χ4n) is 3.68. The molecule has 0 saturated carbocycles. The summed E-state index contributed by atoms with van der Waals surface area (Å²) < 4.78 is 0. The van der Waals surface area contributed by atoms with Crippen molar-refractivity contribution in [2.75, 3.05) is 31.5 Å². The average molecular weight is 256 g/mol. The predicted molar refractivity (Wildman–Crippen MR) is 77.2 cm³/mol. The number of rotatable bonds is 3. The lowest BCUT2D eigenvalue weighted by atomic mass is 9.79. The molecule has 3 fully saturated rings. The molecule has 4 nitrogen and oxygen atoms in total. The molecule has 3 saturated heterocycles. The van der Waals surface area contributed by atoms with Crippen molar-refractivity contribution in [3.8, 4) is 0 Å². The number of para-hydroxylation sites is 1. The Labute approximate surface area is 113 Å². The summed E-state index contributed by atoms with van der Waals surface area (Å²) in [6, 6.07) is 6.33. The minimum absolute atomic E-state index is 0.806. The van der Waals surface area contributed by atoms with Gasteiger partial charge in [0.2, 0.25) is 0 Å². The first-order valence-electron chi connectivity index (χ1n) is 7.28. The molecule has 5 rings (SSSR count). The summed E-state index contributed by atoms with van der Waals surface area (Å²) >= 11 is 0. The van der Waals surface area contributed by atoms with Crippen LogP contribution in [0.15, 0.2) is 24.4 Å². The van der Waals surface area contributed by atoms with Gasteiger partial charge in [0.1, 0.15) is 0 Å². The molecule has 0 aliphatic carbocycles. The zero-order valence-electron chi connectivity index (χ0n) is 11.1. The van der Waals surface area contributed by atoms with E-state index in [9.17, 15) is 0 Å². The van der Waals surface area contributed by atoms with Crippen molar-refractivity contribution in [1.82, 2.24) is 15.1 Å². The molecule has 1 aromatic carbocycles. The van der Waals surface area contributed by atoms with Crippen molar-refractivity contribution < 1.29 is 0 Å². The molecule has 1 unspecified atom stereocenters. The van der Waals surface area contributed by atoms with Crippen LogP contribution in [0.3, 0.4) is 0 Å². The second kappa shape index (κ2) is 4.53. The van der Waals surface area contributed by atoms with Crippen LogP contribution < -0.4 is 5.32 Å². The number of piperidine rings is 3. The van der Waals surface area contributed by atoms with Crippen LogP contribution >= 0.6 is 0 Å². The number of nitrogens with zero attached hydrogens (tertiary/aromatic N) is 2. The normalized spacial score (nSPS) is 29.8. The molecule has 1 atom stereocenters. The molecule has 2 N–H and O–H groups in total. The lowest BCUT2D eigenvalue weighted by molar-refractivity contribution is 0.0574. The third-order valence-electron chi connectivity index (χ3n) is 4.82. The molecule has 3 aliphatic rings. The molecule has 2 bridgehead atoms. The second-order valence-electron chi connectivity index (χ2n) is 5.92. The van der Waals surface area contributed by atoms with E-state index in [0.717, 1.165) is 23.9 Å². The predicted octanol–water partition coefficient (Wildman–Crippen LogP) is 2.32. The van der Waals surface area contributed by atoms with E-state index in [0.29, 0.717) is 0 Å². The average Bonchev–Trinajstić information content (AvgIpc) is 2.95. The lowest BCUT2D eigenvalue weighted by Gasteiger charge is -2.45. The molecular weight excluding hydrogens is 236 g/mol. The summed E-state index contributed by atoms with van der Waals surface area (Å²) in [5, 5.41) is 12.0. The first-order valence-corrected chi connectivity index (χ1v) is 7.28. The van der Waals surface area contributed by atoms with Crippen molar-refractivity contribution in [3.63, 3.8) is 0 Å². The highest BCUT2D eigenvalue weighted by molar-refractivity contribution is 5.89. The topological polar surface area (TPSA) is 44.0 Å². The second-order valence-corrected chi connectivity index (χ2v) is 5.92. The van der Waals surface area contributed by atoms with Crippen LogP contribution in [0.1, 0.15) is 12.8 Å². The monoisotopic (exact) mass is 256 g/mol. The minimum Gasteiger partial charge on any atom is -0.383 e. The smallest absolute Gasteiger partial charge is 0.0881 e. The third-order valence-corrected chi connectivity index (χ3v) is 4.82.